The van der Waals surface area contributed by atoms with Crippen molar-refractivity contribution in [3.05, 3.63) is 40.9 Å². The SMILES string of the molecule is CC(=O)N1CC[NH+](Cc2csc(N(C(C)=O)c3cccc(C)c3)n2)CC1. The zero-order valence-corrected chi connectivity index (χ0v) is 16.3. The first-order chi connectivity index (χ1) is 12.4. The Morgan fingerprint density at radius 2 is 2.00 bits per heavy atom. The molecule has 1 aromatic heterocycles. The van der Waals surface area contributed by atoms with E-state index in [2.05, 4.69) is 0 Å². The minimum absolute atomic E-state index is 0.0427. The Morgan fingerprint density at radius 1 is 1.27 bits per heavy atom. The summed E-state index contributed by atoms with van der Waals surface area (Å²) in [6, 6.07) is 7.89. The third-order valence-corrected chi connectivity index (χ3v) is 5.53. The molecule has 1 N–H and O–H groups in total. The third-order valence-electron chi connectivity index (χ3n) is 4.65. The lowest BCUT2D eigenvalue weighted by atomic mass is 10.2. The van der Waals surface area contributed by atoms with Gasteiger partial charge in [-0.25, -0.2) is 4.98 Å². The molecule has 1 aliphatic rings. The van der Waals surface area contributed by atoms with Gasteiger partial charge in [-0.05, 0) is 24.6 Å². The highest BCUT2D eigenvalue weighted by Gasteiger charge is 2.23. The summed E-state index contributed by atoms with van der Waals surface area (Å²) in [7, 11) is 0. The number of carbonyl (C=O) groups excluding carboxylic acids is 2. The van der Waals surface area contributed by atoms with Crippen LogP contribution < -0.4 is 9.80 Å². The van der Waals surface area contributed by atoms with Gasteiger partial charge in [-0.15, -0.1) is 11.3 Å². The molecular formula is C19H25N4O2S+. The largest absolute Gasteiger partial charge is 0.332 e. The molecule has 0 saturated carbocycles. The number of aromatic nitrogens is 1. The standard InChI is InChI=1S/C19H24N4O2S/c1-14-5-4-6-18(11-14)23(16(3)25)19-20-17(13-26-19)12-21-7-9-22(10-8-21)15(2)24/h4-6,11,13H,7-10,12H2,1-3H3/p+1. The number of aryl methyl sites for hydroxylation is 1. The van der Waals surface area contributed by atoms with E-state index in [1.807, 2.05) is 41.5 Å². The van der Waals surface area contributed by atoms with E-state index in [9.17, 15) is 9.59 Å². The van der Waals surface area contributed by atoms with Gasteiger partial charge >= 0.3 is 0 Å². The van der Waals surface area contributed by atoms with E-state index in [0.29, 0.717) is 5.13 Å². The number of carbonyl (C=O) groups is 2. The summed E-state index contributed by atoms with van der Waals surface area (Å²) in [5.74, 6) is 0.106. The maximum absolute atomic E-state index is 12.2. The molecule has 1 saturated heterocycles. The molecule has 1 fully saturated rings. The number of rotatable bonds is 4. The first-order valence-corrected chi connectivity index (χ1v) is 9.73. The molecule has 1 aromatic carbocycles. The maximum Gasteiger partial charge on any atom is 0.230 e. The number of amides is 2. The van der Waals surface area contributed by atoms with Gasteiger partial charge in [0.05, 0.1) is 31.9 Å². The summed E-state index contributed by atoms with van der Waals surface area (Å²) < 4.78 is 0. The predicted octanol–water partition coefficient (Wildman–Crippen LogP) is 1.38. The summed E-state index contributed by atoms with van der Waals surface area (Å²) in [6.45, 7) is 9.48. The Bertz CT molecular complexity index is 796. The lowest BCUT2D eigenvalue weighted by Crippen LogP contribution is -3.13. The van der Waals surface area contributed by atoms with Gasteiger partial charge < -0.3 is 9.80 Å². The van der Waals surface area contributed by atoms with Crippen molar-refractivity contribution in [2.45, 2.75) is 27.3 Å². The molecule has 2 heterocycles. The summed E-state index contributed by atoms with van der Waals surface area (Å²) >= 11 is 1.50. The van der Waals surface area contributed by atoms with E-state index in [1.54, 1.807) is 18.7 Å². The molecule has 26 heavy (non-hydrogen) atoms. The Balaban J connectivity index is 1.70. The van der Waals surface area contributed by atoms with Crippen molar-refractivity contribution in [1.82, 2.24) is 9.88 Å². The van der Waals surface area contributed by atoms with Crippen molar-refractivity contribution in [1.29, 1.82) is 0 Å². The van der Waals surface area contributed by atoms with Crippen molar-refractivity contribution in [2.75, 3.05) is 31.1 Å². The number of hydrogen-bond donors (Lipinski definition) is 1. The molecular weight excluding hydrogens is 348 g/mol. The van der Waals surface area contributed by atoms with Crippen molar-refractivity contribution >= 4 is 34.0 Å². The van der Waals surface area contributed by atoms with Gasteiger partial charge in [-0.3, -0.25) is 14.5 Å². The van der Waals surface area contributed by atoms with Crippen LogP contribution in [-0.2, 0) is 16.1 Å². The van der Waals surface area contributed by atoms with Crippen molar-refractivity contribution in [3.8, 4) is 0 Å². The van der Waals surface area contributed by atoms with Crippen LogP contribution >= 0.6 is 11.3 Å². The molecule has 2 aromatic rings. The molecule has 1 aliphatic heterocycles. The highest BCUT2D eigenvalue weighted by molar-refractivity contribution is 7.14. The Morgan fingerprint density at radius 3 is 2.62 bits per heavy atom. The molecule has 3 rings (SSSR count). The molecule has 0 bridgehead atoms. The number of anilines is 2. The van der Waals surface area contributed by atoms with Gasteiger partial charge in [0.2, 0.25) is 11.8 Å². The van der Waals surface area contributed by atoms with Crippen LogP contribution in [-0.4, -0.2) is 47.9 Å². The Kier molecular flexibility index (Phi) is 5.68. The highest BCUT2D eigenvalue weighted by atomic mass is 32.1. The topological polar surface area (TPSA) is 58.0 Å². The van der Waals surface area contributed by atoms with Crippen LogP contribution in [0, 0.1) is 6.92 Å². The number of nitrogens with one attached hydrogen (secondary N) is 1. The van der Waals surface area contributed by atoms with E-state index in [4.69, 9.17) is 4.98 Å². The quantitative estimate of drug-likeness (QED) is 0.881. The molecule has 7 heteroatoms. The molecule has 0 spiro atoms. The summed E-state index contributed by atoms with van der Waals surface area (Å²) in [5.41, 5.74) is 2.95. The number of hydrogen-bond acceptors (Lipinski definition) is 4. The second-order valence-electron chi connectivity index (χ2n) is 6.75. The van der Waals surface area contributed by atoms with Crippen molar-refractivity contribution in [3.63, 3.8) is 0 Å². The average Bonchev–Trinajstić information content (AvgIpc) is 3.03. The molecule has 0 aliphatic carbocycles. The first kappa shape index (κ1) is 18.5. The Labute approximate surface area is 158 Å². The number of quaternary nitrogens is 1. The van der Waals surface area contributed by atoms with Crippen LogP contribution in [0.15, 0.2) is 29.6 Å². The van der Waals surface area contributed by atoms with Crippen LogP contribution in [0.2, 0.25) is 0 Å². The van der Waals surface area contributed by atoms with Crippen LogP contribution in [0.5, 0.6) is 0 Å². The van der Waals surface area contributed by atoms with E-state index in [0.717, 1.165) is 49.7 Å². The van der Waals surface area contributed by atoms with E-state index in [-0.39, 0.29) is 11.8 Å². The summed E-state index contributed by atoms with van der Waals surface area (Å²) in [6.07, 6.45) is 0. The number of nitrogens with zero attached hydrogens (tertiary/aromatic N) is 3. The van der Waals surface area contributed by atoms with Crippen LogP contribution in [0.4, 0.5) is 10.8 Å². The zero-order chi connectivity index (χ0) is 18.7. The van der Waals surface area contributed by atoms with Gasteiger partial charge in [-0.2, -0.15) is 0 Å². The van der Waals surface area contributed by atoms with E-state index >= 15 is 0 Å². The fourth-order valence-corrected chi connectivity index (χ4v) is 4.13. The van der Waals surface area contributed by atoms with Crippen LogP contribution in [0.25, 0.3) is 0 Å². The molecule has 2 amide bonds. The third kappa shape index (κ3) is 4.28. The predicted molar refractivity (Wildman–Crippen MR) is 103 cm³/mol. The maximum atomic E-state index is 12.2. The lowest BCUT2D eigenvalue weighted by Gasteiger charge is -2.31. The van der Waals surface area contributed by atoms with Crippen LogP contribution in [0.1, 0.15) is 25.1 Å². The molecule has 6 nitrogen and oxygen atoms in total. The minimum Gasteiger partial charge on any atom is -0.332 e. The molecule has 0 unspecified atom stereocenters. The zero-order valence-electron chi connectivity index (χ0n) is 15.5. The van der Waals surface area contributed by atoms with Crippen LogP contribution in [0.3, 0.4) is 0 Å². The normalized spacial score (nSPS) is 15.1. The average molecular weight is 374 g/mol. The Hall–Kier alpha value is -2.25. The highest BCUT2D eigenvalue weighted by Crippen LogP contribution is 2.29. The molecule has 0 atom stereocenters. The number of thiazole rings is 1. The second-order valence-corrected chi connectivity index (χ2v) is 7.58. The fourth-order valence-electron chi connectivity index (χ4n) is 3.24. The smallest absolute Gasteiger partial charge is 0.230 e. The summed E-state index contributed by atoms with van der Waals surface area (Å²) in [4.78, 5) is 33.3. The van der Waals surface area contributed by atoms with Gasteiger partial charge in [0.15, 0.2) is 5.13 Å². The van der Waals surface area contributed by atoms with E-state index < -0.39 is 0 Å². The second kappa shape index (κ2) is 7.97. The molecule has 138 valence electrons. The lowest BCUT2D eigenvalue weighted by molar-refractivity contribution is -0.917. The van der Waals surface area contributed by atoms with Gasteiger partial charge in [0, 0.05) is 19.2 Å². The minimum atomic E-state index is -0.0427. The van der Waals surface area contributed by atoms with Gasteiger partial charge in [0.1, 0.15) is 12.2 Å². The molecule has 0 radical (unpaired) electrons. The van der Waals surface area contributed by atoms with Gasteiger partial charge in [-0.1, -0.05) is 12.1 Å². The van der Waals surface area contributed by atoms with Gasteiger partial charge in [0.25, 0.3) is 0 Å². The van der Waals surface area contributed by atoms with Crippen molar-refractivity contribution < 1.29 is 14.5 Å². The van der Waals surface area contributed by atoms with E-state index in [1.165, 1.54) is 16.2 Å². The first-order valence-electron chi connectivity index (χ1n) is 8.85. The van der Waals surface area contributed by atoms with Crippen molar-refractivity contribution in [2.24, 2.45) is 0 Å². The fraction of sp³-hybridized carbons (Fsp3) is 0.421. The summed E-state index contributed by atoms with van der Waals surface area (Å²) in [5, 5.41) is 2.74. The number of piperazine rings is 1. The number of benzene rings is 1. The monoisotopic (exact) mass is 373 g/mol.